The topological polar surface area (TPSA) is 52.6 Å². The number of carbonyl (C=O) groups is 1. The summed E-state index contributed by atoms with van der Waals surface area (Å²) >= 11 is 0. The number of phenols is 1. The van der Waals surface area contributed by atoms with Crippen LogP contribution >= 0.6 is 0 Å². The van der Waals surface area contributed by atoms with E-state index in [-0.39, 0.29) is 17.2 Å². The van der Waals surface area contributed by atoms with Crippen molar-refractivity contribution in [2.24, 2.45) is 0 Å². The van der Waals surface area contributed by atoms with Gasteiger partial charge in [0.2, 0.25) is 5.91 Å². The van der Waals surface area contributed by atoms with Crippen LogP contribution in [-0.2, 0) is 4.79 Å². The van der Waals surface area contributed by atoms with E-state index in [0.717, 1.165) is 11.4 Å². The van der Waals surface area contributed by atoms with Gasteiger partial charge in [-0.05, 0) is 26.0 Å². The Balaban J connectivity index is 2.54. The van der Waals surface area contributed by atoms with Crippen LogP contribution in [0.15, 0.2) is 18.2 Å². The number of rotatable bonds is 0. The highest BCUT2D eigenvalue weighted by Crippen LogP contribution is 2.37. The number of aromatic hydroxyl groups is 1. The molecular formula is C12H16N2O2. The second kappa shape index (κ2) is 3.40. The molecule has 2 N–H and O–H groups in total. The highest BCUT2D eigenvalue weighted by atomic mass is 16.3. The molecule has 2 rings (SSSR count). The van der Waals surface area contributed by atoms with Crippen LogP contribution in [0.25, 0.3) is 0 Å². The lowest BCUT2D eigenvalue weighted by molar-refractivity contribution is -0.117. The predicted molar refractivity (Wildman–Crippen MR) is 63.8 cm³/mol. The van der Waals surface area contributed by atoms with E-state index >= 15 is 0 Å². The molecule has 0 radical (unpaired) electrons. The normalized spacial score (nSPS) is 17.6. The first-order chi connectivity index (χ1) is 7.42. The molecular weight excluding hydrogens is 204 g/mol. The van der Waals surface area contributed by atoms with Crippen LogP contribution in [0.5, 0.6) is 5.75 Å². The maximum Gasteiger partial charge on any atom is 0.224 e. The molecule has 1 aliphatic heterocycles. The Morgan fingerprint density at radius 3 is 2.81 bits per heavy atom. The van der Waals surface area contributed by atoms with Crippen molar-refractivity contribution in [3.63, 3.8) is 0 Å². The molecule has 0 saturated carbocycles. The summed E-state index contributed by atoms with van der Waals surface area (Å²) in [5.74, 6) is 0.216. The second-order valence-corrected chi connectivity index (χ2v) is 4.72. The van der Waals surface area contributed by atoms with Crippen molar-refractivity contribution in [1.82, 2.24) is 0 Å². The van der Waals surface area contributed by atoms with E-state index in [1.807, 2.05) is 13.8 Å². The van der Waals surface area contributed by atoms with Crippen molar-refractivity contribution in [1.29, 1.82) is 0 Å². The van der Waals surface area contributed by atoms with Crippen LogP contribution in [0.1, 0.15) is 20.8 Å². The highest BCUT2D eigenvalue weighted by molar-refractivity contribution is 5.98. The predicted octanol–water partition coefficient (Wildman–Crippen LogP) is 1.95. The van der Waals surface area contributed by atoms with E-state index in [2.05, 4.69) is 5.32 Å². The number of nitrogens with one attached hydrogen (secondary N) is 1. The van der Waals surface area contributed by atoms with Crippen LogP contribution in [0.3, 0.4) is 0 Å². The van der Waals surface area contributed by atoms with Gasteiger partial charge in [0.1, 0.15) is 5.75 Å². The second-order valence-electron chi connectivity index (χ2n) is 4.72. The van der Waals surface area contributed by atoms with Crippen molar-refractivity contribution in [3.8, 4) is 5.75 Å². The Kier molecular flexibility index (Phi) is 2.30. The zero-order chi connectivity index (χ0) is 11.9. The van der Waals surface area contributed by atoms with Crippen LogP contribution in [0.2, 0.25) is 0 Å². The summed E-state index contributed by atoms with van der Waals surface area (Å²) < 4.78 is 0. The minimum Gasteiger partial charge on any atom is -0.508 e. The Bertz CT molecular complexity index is 441. The van der Waals surface area contributed by atoms with Crippen molar-refractivity contribution in [2.75, 3.05) is 16.8 Å². The van der Waals surface area contributed by atoms with Gasteiger partial charge >= 0.3 is 0 Å². The first-order valence-corrected chi connectivity index (χ1v) is 5.29. The quantitative estimate of drug-likeness (QED) is 0.702. The number of carbonyl (C=O) groups excluding carboxylic acids is 1. The summed E-state index contributed by atoms with van der Waals surface area (Å²) in [6.07, 6.45) is 0. The lowest BCUT2D eigenvalue weighted by atomic mass is 9.97. The molecule has 1 heterocycles. The summed E-state index contributed by atoms with van der Waals surface area (Å²) in [5, 5.41) is 12.6. The Hall–Kier alpha value is -1.71. The van der Waals surface area contributed by atoms with Crippen molar-refractivity contribution in [2.45, 2.75) is 26.3 Å². The Morgan fingerprint density at radius 2 is 2.19 bits per heavy atom. The van der Waals surface area contributed by atoms with E-state index in [1.165, 1.54) is 0 Å². The third kappa shape index (κ3) is 1.60. The molecule has 0 atom stereocenters. The summed E-state index contributed by atoms with van der Waals surface area (Å²) in [6, 6.07) is 5.00. The number of hydrogen-bond acceptors (Lipinski definition) is 3. The van der Waals surface area contributed by atoms with E-state index in [9.17, 15) is 9.90 Å². The molecule has 0 aliphatic carbocycles. The number of anilines is 2. The first-order valence-electron chi connectivity index (χ1n) is 5.29. The van der Waals surface area contributed by atoms with Gasteiger partial charge in [-0.1, -0.05) is 0 Å². The first kappa shape index (κ1) is 10.8. The van der Waals surface area contributed by atoms with Crippen LogP contribution < -0.4 is 10.2 Å². The van der Waals surface area contributed by atoms with Gasteiger partial charge in [-0.2, -0.15) is 0 Å². The average molecular weight is 220 g/mol. The molecule has 4 heteroatoms. The summed E-state index contributed by atoms with van der Waals surface area (Å²) in [4.78, 5) is 13.5. The molecule has 0 bridgehead atoms. The Labute approximate surface area is 94.9 Å². The number of benzene rings is 1. The third-order valence-corrected chi connectivity index (χ3v) is 2.85. The van der Waals surface area contributed by atoms with Gasteiger partial charge in [0, 0.05) is 19.5 Å². The smallest absolute Gasteiger partial charge is 0.224 e. The minimum absolute atomic E-state index is 0.0124. The zero-order valence-corrected chi connectivity index (χ0v) is 9.74. The summed E-state index contributed by atoms with van der Waals surface area (Å²) in [5.41, 5.74) is 1.37. The molecule has 0 spiro atoms. The van der Waals surface area contributed by atoms with Gasteiger partial charge in [-0.3, -0.25) is 4.79 Å². The maximum absolute atomic E-state index is 11.7. The van der Waals surface area contributed by atoms with Crippen LogP contribution in [0.4, 0.5) is 11.4 Å². The van der Waals surface area contributed by atoms with Crippen molar-refractivity contribution >= 4 is 17.3 Å². The number of hydrogen-bond donors (Lipinski definition) is 2. The van der Waals surface area contributed by atoms with Gasteiger partial charge in [-0.25, -0.2) is 0 Å². The molecule has 0 saturated heterocycles. The zero-order valence-electron chi connectivity index (χ0n) is 9.74. The molecule has 1 aliphatic rings. The van der Waals surface area contributed by atoms with Gasteiger partial charge in [0.15, 0.2) is 0 Å². The molecule has 1 amide bonds. The molecule has 4 nitrogen and oxygen atoms in total. The average Bonchev–Trinajstić information content (AvgIpc) is 2.16. The fourth-order valence-electron chi connectivity index (χ4n) is 2.17. The molecule has 0 fully saturated rings. The summed E-state index contributed by atoms with van der Waals surface area (Å²) in [6.45, 7) is 6.25. The van der Waals surface area contributed by atoms with Gasteiger partial charge in [0.05, 0.1) is 16.9 Å². The van der Waals surface area contributed by atoms with Gasteiger partial charge in [-0.15, -0.1) is 0 Å². The van der Waals surface area contributed by atoms with Crippen LogP contribution in [0, 0.1) is 0 Å². The summed E-state index contributed by atoms with van der Waals surface area (Å²) in [7, 11) is 0. The molecule has 1 aromatic rings. The fraction of sp³-hybridized carbons (Fsp3) is 0.417. The fourth-order valence-corrected chi connectivity index (χ4v) is 2.17. The molecule has 1 aromatic carbocycles. The third-order valence-electron chi connectivity index (χ3n) is 2.85. The number of phenolic OH excluding ortho intramolecular Hbond substituents is 1. The number of amides is 1. The SMILES string of the molecule is CC(=O)N1c2ccc(O)cc2NCC1(C)C. The minimum atomic E-state index is -0.254. The molecule has 0 aromatic heterocycles. The largest absolute Gasteiger partial charge is 0.508 e. The van der Waals surface area contributed by atoms with E-state index in [0.29, 0.717) is 6.54 Å². The van der Waals surface area contributed by atoms with Crippen LogP contribution in [-0.4, -0.2) is 23.1 Å². The highest BCUT2D eigenvalue weighted by Gasteiger charge is 2.35. The van der Waals surface area contributed by atoms with Crippen molar-refractivity contribution in [3.05, 3.63) is 18.2 Å². The lowest BCUT2D eigenvalue weighted by Crippen LogP contribution is -2.54. The Morgan fingerprint density at radius 1 is 1.50 bits per heavy atom. The monoisotopic (exact) mass is 220 g/mol. The van der Waals surface area contributed by atoms with Crippen molar-refractivity contribution < 1.29 is 9.90 Å². The maximum atomic E-state index is 11.7. The molecule has 0 unspecified atom stereocenters. The lowest BCUT2D eigenvalue weighted by Gasteiger charge is -2.43. The standard InChI is InChI=1S/C12H16N2O2/c1-8(15)14-11-5-4-9(16)6-10(11)13-7-12(14,2)3/h4-6,13,16H,7H2,1-3H3. The van der Waals surface area contributed by atoms with E-state index < -0.39 is 0 Å². The molecule has 86 valence electrons. The van der Waals surface area contributed by atoms with E-state index in [4.69, 9.17) is 0 Å². The van der Waals surface area contributed by atoms with Gasteiger partial charge < -0.3 is 15.3 Å². The van der Waals surface area contributed by atoms with E-state index in [1.54, 1.807) is 30.0 Å². The molecule has 16 heavy (non-hydrogen) atoms. The van der Waals surface area contributed by atoms with Gasteiger partial charge in [0.25, 0.3) is 0 Å². The number of fused-ring (bicyclic) bond motifs is 1. The number of nitrogens with zero attached hydrogens (tertiary/aromatic N) is 1.